The molecule has 1 aromatic heterocycles. The Labute approximate surface area is 119 Å². The van der Waals surface area contributed by atoms with E-state index in [0.717, 1.165) is 33.1 Å². The first-order valence-corrected chi connectivity index (χ1v) is 6.63. The van der Waals surface area contributed by atoms with E-state index < -0.39 is 0 Å². The molecule has 0 amide bonds. The predicted octanol–water partition coefficient (Wildman–Crippen LogP) is 4.52. The van der Waals surface area contributed by atoms with Crippen LogP contribution in [0.25, 0.3) is 27.5 Å². The number of allylic oxidation sites excluding steroid dienone is 4. The van der Waals surface area contributed by atoms with Gasteiger partial charge in [0.1, 0.15) is 0 Å². The molecule has 0 aliphatic heterocycles. The minimum absolute atomic E-state index is 0.909. The van der Waals surface area contributed by atoms with E-state index in [-0.39, 0.29) is 0 Å². The summed E-state index contributed by atoms with van der Waals surface area (Å²) >= 11 is 0. The quantitative estimate of drug-likeness (QED) is 0.496. The summed E-state index contributed by atoms with van der Waals surface area (Å²) in [5.74, 6) is 1.56. The zero-order valence-electron chi connectivity index (χ0n) is 11.3. The topological polar surface area (TPSA) is 13.1 Å². The van der Waals surface area contributed by atoms with Crippen LogP contribution in [0.15, 0.2) is 65.1 Å². The molecule has 20 heavy (non-hydrogen) atoms. The molecule has 0 fully saturated rings. The maximum absolute atomic E-state index is 5.84. The molecule has 3 aromatic rings. The summed E-state index contributed by atoms with van der Waals surface area (Å²) in [6, 6.07) is 14.3. The van der Waals surface area contributed by atoms with Crippen molar-refractivity contribution in [2.24, 2.45) is 0 Å². The first-order valence-electron chi connectivity index (χ1n) is 6.63. The van der Waals surface area contributed by atoms with Crippen LogP contribution < -0.4 is 0 Å². The van der Waals surface area contributed by atoms with Crippen LogP contribution in [0.2, 0.25) is 0 Å². The Morgan fingerprint density at radius 1 is 1.05 bits per heavy atom. The zero-order valence-corrected chi connectivity index (χ0v) is 11.3. The van der Waals surface area contributed by atoms with Gasteiger partial charge in [-0.3, -0.25) is 0 Å². The van der Waals surface area contributed by atoms with Crippen molar-refractivity contribution in [2.75, 3.05) is 0 Å². The Hall–Kier alpha value is -2.35. The summed E-state index contributed by atoms with van der Waals surface area (Å²) in [4.78, 5) is 0. The summed E-state index contributed by atoms with van der Waals surface area (Å²) in [5, 5.41) is 2.27. The number of furan rings is 1. The van der Waals surface area contributed by atoms with Crippen molar-refractivity contribution in [1.29, 1.82) is 0 Å². The van der Waals surface area contributed by atoms with Gasteiger partial charge in [0.2, 0.25) is 0 Å². The number of hydrogen-bond acceptors (Lipinski definition) is 1. The van der Waals surface area contributed by atoms with E-state index in [2.05, 4.69) is 18.2 Å². The SMILES string of the molecule is [B]=C/C=C(\C=C/C)c1ccc2oc3ccccc3c2c1. The van der Waals surface area contributed by atoms with Gasteiger partial charge >= 0.3 is 119 Å². The Bertz CT molecular complexity index is 837. The van der Waals surface area contributed by atoms with E-state index in [1.54, 1.807) is 5.97 Å². The standard InChI is InChI=1S/C18H14BO/c1-2-5-13(10-11-19)14-8-9-18-16(12-14)15-6-3-4-7-17(15)20-18/h2-12H,1H3/b5-2-,13-10+. The van der Waals surface area contributed by atoms with Crippen molar-refractivity contribution in [2.45, 2.75) is 6.92 Å². The third-order valence-corrected chi connectivity index (χ3v) is 3.33. The molecule has 0 spiro atoms. The van der Waals surface area contributed by atoms with Crippen LogP contribution >= 0.6 is 0 Å². The van der Waals surface area contributed by atoms with Crippen molar-refractivity contribution in [1.82, 2.24) is 0 Å². The van der Waals surface area contributed by atoms with Crippen LogP contribution in [0, 0.1) is 0 Å². The Morgan fingerprint density at radius 3 is 2.65 bits per heavy atom. The fourth-order valence-corrected chi connectivity index (χ4v) is 2.44. The molecule has 0 unspecified atom stereocenters. The van der Waals surface area contributed by atoms with Gasteiger partial charge in [0, 0.05) is 0 Å². The van der Waals surface area contributed by atoms with Crippen molar-refractivity contribution in [3.63, 3.8) is 0 Å². The molecule has 0 bridgehead atoms. The third kappa shape index (κ3) is 2.14. The first kappa shape index (κ1) is 12.7. The fourth-order valence-electron chi connectivity index (χ4n) is 2.44. The zero-order chi connectivity index (χ0) is 13.9. The van der Waals surface area contributed by atoms with Gasteiger partial charge in [-0.25, -0.2) is 0 Å². The molecule has 0 saturated carbocycles. The summed E-state index contributed by atoms with van der Waals surface area (Å²) in [5.41, 5.74) is 4.04. The average molecular weight is 257 g/mol. The van der Waals surface area contributed by atoms with Gasteiger partial charge in [-0.05, 0) is 0 Å². The second-order valence-corrected chi connectivity index (χ2v) is 4.62. The van der Waals surface area contributed by atoms with E-state index in [1.807, 2.05) is 49.4 Å². The van der Waals surface area contributed by atoms with Gasteiger partial charge < -0.3 is 0 Å². The second kappa shape index (κ2) is 5.34. The predicted molar refractivity (Wildman–Crippen MR) is 88.3 cm³/mol. The molecule has 1 nitrogen and oxygen atoms in total. The number of hydrogen-bond donors (Lipinski definition) is 0. The Kier molecular flexibility index (Phi) is 3.38. The normalized spacial score (nSPS) is 12.5. The molecule has 2 heteroatoms. The molecule has 0 N–H and O–H groups in total. The van der Waals surface area contributed by atoms with Gasteiger partial charge in [-0.2, -0.15) is 0 Å². The summed E-state index contributed by atoms with van der Waals surface area (Å²) in [6.07, 6.45) is 5.96. The van der Waals surface area contributed by atoms with E-state index in [0.29, 0.717) is 0 Å². The van der Waals surface area contributed by atoms with Gasteiger partial charge in [0.25, 0.3) is 0 Å². The number of benzene rings is 2. The van der Waals surface area contributed by atoms with Crippen LogP contribution in [0.3, 0.4) is 0 Å². The van der Waals surface area contributed by atoms with Crippen molar-refractivity contribution >= 4 is 41.0 Å². The van der Waals surface area contributed by atoms with E-state index in [9.17, 15) is 0 Å². The number of rotatable bonds is 3. The summed E-state index contributed by atoms with van der Waals surface area (Å²) in [6.45, 7) is 2.00. The van der Waals surface area contributed by atoms with Crippen molar-refractivity contribution in [3.05, 3.63) is 66.3 Å². The van der Waals surface area contributed by atoms with Crippen molar-refractivity contribution in [3.8, 4) is 0 Å². The molecule has 0 atom stereocenters. The summed E-state index contributed by atoms with van der Waals surface area (Å²) < 4.78 is 5.84. The van der Waals surface area contributed by atoms with E-state index in [1.165, 1.54) is 0 Å². The van der Waals surface area contributed by atoms with Crippen LogP contribution in [0.1, 0.15) is 12.5 Å². The van der Waals surface area contributed by atoms with E-state index in [4.69, 9.17) is 11.9 Å². The van der Waals surface area contributed by atoms with Gasteiger partial charge in [-0.15, -0.1) is 0 Å². The molecule has 0 aliphatic rings. The molecular weight excluding hydrogens is 243 g/mol. The van der Waals surface area contributed by atoms with Crippen LogP contribution in [0.4, 0.5) is 0 Å². The van der Waals surface area contributed by atoms with Crippen LogP contribution in [-0.2, 0) is 0 Å². The van der Waals surface area contributed by atoms with Crippen LogP contribution in [-0.4, -0.2) is 13.5 Å². The average Bonchev–Trinajstić information content (AvgIpc) is 2.85. The van der Waals surface area contributed by atoms with Gasteiger partial charge in [0.15, 0.2) is 0 Å². The monoisotopic (exact) mass is 257 g/mol. The van der Waals surface area contributed by atoms with Crippen LogP contribution in [0.5, 0.6) is 0 Å². The molecular formula is C18H14BO. The molecule has 3 rings (SSSR count). The first-order chi connectivity index (χ1) is 9.83. The number of fused-ring (bicyclic) bond motifs is 3. The molecule has 95 valence electrons. The Morgan fingerprint density at radius 2 is 1.85 bits per heavy atom. The maximum atomic E-state index is 5.84. The van der Waals surface area contributed by atoms with Crippen molar-refractivity contribution < 1.29 is 4.42 Å². The third-order valence-electron chi connectivity index (χ3n) is 3.33. The van der Waals surface area contributed by atoms with Gasteiger partial charge in [-0.1, -0.05) is 0 Å². The second-order valence-electron chi connectivity index (χ2n) is 4.62. The molecule has 1 radical (unpaired) electrons. The molecule has 0 saturated heterocycles. The number of para-hydroxylation sites is 1. The molecule has 2 aromatic carbocycles. The van der Waals surface area contributed by atoms with Gasteiger partial charge in [0.05, 0.1) is 0 Å². The molecule has 1 heterocycles. The molecule has 0 aliphatic carbocycles. The Balaban J connectivity index is 2.26. The minimum atomic E-state index is 0.909. The fraction of sp³-hybridized carbons (Fsp3) is 0.0556. The van der Waals surface area contributed by atoms with E-state index >= 15 is 0 Å². The summed E-state index contributed by atoms with van der Waals surface area (Å²) in [7, 11) is 5.53.